The maximum Gasteiger partial charge on any atom is 0.0123 e. The van der Waals surface area contributed by atoms with E-state index in [1.165, 1.54) is 32.5 Å². The molecule has 1 aliphatic heterocycles. The van der Waals surface area contributed by atoms with Crippen molar-refractivity contribution in [2.75, 3.05) is 33.2 Å². The van der Waals surface area contributed by atoms with Crippen molar-refractivity contribution in [1.29, 1.82) is 0 Å². The summed E-state index contributed by atoms with van der Waals surface area (Å²) in [5.74, 6) is 0. The van der Waals surface area contributed by atoms with E-state index in [1.54, 1.807) is 0 Å². The molecule has 0 aromatic heterocycles. The molecule has 3 nitrogen and oxygen atoms in total. The minimum atomic E-state index is 0.673. The molecule has 0 aliphatic carbocycles. The fourth-order valence-corrected chi connectivity index (χ4v) is 2.24. The third-order valence-corrected chi connectivity index (χ3v) is 3.06. The predicted molar refractivity (Wildman–Crippen MR) is 61.7 cm³/mol. The van der Waals surface area contributed by atoms with Crippen molar-refractivity contribution in [3.05, 3.63) is 0 Å². The Morgan fingerprint density at radius 1 is 1.36 bits per heavy atom. The molecule has 0 amide bonds. The van der Waals surface area contributed by atoms with E-state index < -0.39 is 0 Å². The van der Waals surface area contributed by atoms with Crippen molar-refractivity contribution < 1.29 is 0 Å². The van der Waals surface area contributed by atoms with Crippen molar-refractivity contribution in [3.63, 3.8) is 0 Å². The zero-order valence-electron chi connectivity index (χ0n) is 9.84. The highest BCUT2D eigenvalue weighted by Crippen LogP contribution is 2.14. The number of likely N-dealkylation sites (N-methyl/N-ethyl adjacent to an activating group) is 1. The molecule has 1 saturated heterocycles. The van der Waals surface area contributed by atoms with Crippen LogP contribution in [0.3, 0.4) is 0 Å². The summed E-state index contributed by atoms with van der Waals surface area (Å²) in [5.41, 5.74) is 0. The van der Waals surface area contributed by atoms with Crippen LogP contribution in [0.25, 0.3) is 0 Å². The maximum atomic E-state index is 3.42. The molecule has 0 radical (unpaired) electrons. The van der Waals surface area contributed by atoms with Crippen molar-refractivity contribution in [1.82, 2.24) is 15.5 Å². The minimum Gasteiger partial charge on any atom is -0.318 e. The summed E-state index contributed by atoms with van der Waals surface area (Å²) in [6.45, 7) is 9.26. The van der Waals surface area contributed by atoms with Crippen molar-refractivity contribution in [3.8, 4) is 0 Å². The number of hydrogen-bond acceptors (Lipinski definition) is 3. The highest BCUT2D eigenvalue weighted by atomic mass is 15.2. The molecule has 0 unspecified atom stereocenters. The summed E-state index contributed by atoms with van der Waals surface area (Å²) in [6, 6.07) is 1.47. The molecule has 0 saturated carbocycles. The molecule has 84 valence electrons. The summed E-state index contributed by atoms with van der Waals surface area (Å²) in [4.78, 5) is 2.64. The Morgan fingerprint density at radius 3 is 2.50 bits per heavy atom. The van der Waals surface area contributed by atoms with Gasteiger partial charge in [0.2, 0.25) is 0 Å². The first-order valence-corrected chi connectivity index (χ1v) is 5.86. The van der Waals surface area contributed by atoms with Crippen LogP contribution in [0, 0.1) is 0 Å². The van der Waals surface area contributed by atoms with Gasteiger partial charge in [0.15, 0.2) is 0 Å². The number of nitrogens with zero attached hydrogens (tertiary/aromatic N) is 1. The summed E-state index contributed by atoms with van der Waals surface area (Å²) in [6.07, 6.45) is 2.61. The van der Waals surface area contributed by atoms with Gasteiger partial charge in [-0.3, -0.25) is 4.90 Å². The molecule has 1 fully saturated rings. The van der Waals surface area contributed by atoms with Gasteiger partial charge in [0.1, 0.15) is 0 Å². The SMILES string of the molecule is CNCCN(C(C)C)C1CCNCC1. The van der Waals surface area contributed by atoms with Gasteiger partial charge in [-0.2, -0.15) is 0 Å². The second-order valence-electron chi connectivity index (χ2n) is 4.42. The van der Waals surface area contributed by atoms with Crippen LogP contribution >= 0.6 is 0 Å². The number of piperidine rings is 1. The fourth-order valence-electron chi connectivity index (χ4n) is 2.24. The summed E-state index contributed by atoms with van der Waals surface area (Å²) >= 11 is 0. The van der Waals surface area contributed by atoms with Crippen molar-refractivity contribution in [2.45, 2.75) is 38.8 Å². The quantitative estimate of drug-likeness (QED) is 0.681. The zero-order valence-corrected chi connectivity index (χ0v) is 9.84. The van der Waals surface area contributed by atoms with Crippen LogP contribution in [0.1, 0.15) is 26.7 Å². The average molecular weight is 199 g/mol. The van der Waals surface area contributed by atoms with E-state index in [9.17, 15) is 0 Å². The van der Waals surface area contributed by atoms with E-state index in [0.29, 0.717) is 6.04 Å². The van der Waals surface area contributed by atoms with Crippen LogP contribution in [-0.4, -0.2) is 50.2 Å². The Morgan fingerprint density at radius 2 is 2.00 bits per heavy atom. The normalized spacial score (nSPS) is 19.5. The second-order valence-corrected chi connectivity index (χ2v) is 4.42. The summed E-state index contributed by atoms with van der Waals surface area (Å²) in [5, 5.41) is 6.66. The predicted octanol–water partition coefficient (Wildman–Crippen LogP) is 0.668. The standard InChI is InChI=1S/C11H25N3/c1-10(2)14(9-8-12-3)11-4-6-13-7-5-11/h10-13H,4-9H2,1-3H3. The van der Waals surface area contributed by atoms with Gasteiger partial charge in [-0.15, -0.1) is 0 Å². The van der Waals surface area contributed by atoms with Crippen molar-refractivity contribution in [2.24, 2.45) is 0 Å². The molecule has 0 spiro atoms. The van der Waals surface area contributed by atoms with Crippen LogP contribution in [0.15, 0.2) is 0 Å². The molecule has 14 heavy (non-hydrogen) atoms. The van der Waals surface area contributed by atoms with E-state index >= 15 is 0 Å². The molecular weight excluding hydrogens is 174 g/mol. The van der Waals surface area contributed by atoms with Gasteiger partial charge in [-0.1, -0.05) is 0 Å². The Balaban J connectivity index is 2.39. The number of nitrogens with one attached hydrogen (secondary N) is 2. The first-order chi connectivity index (χ1) is 6.75. The van der Waals surface area contributed by atoms with E-state index in [4.69, 9.17) is 0 Å². The maximum absolute atomic E-state index is 3.42. The summed E-state index contributed by atoms with van der Waals surface area (Å²) < 4.78 is 0. The Kier molecular flexibility index (Phi) is 5.45. The summed E-state index contributed by atoms with van der Waals surface area (Å²) in [7, 11) is 2.03. The Bertz CT molecular complexity index is 141. The molecule has 1 rings (SSSR count). The molecule has 2 N–H and O–H groups in total. The third-order valence-electron chi connectivity index (χ3n) is 3.06. The van der Waals surface area contributed by atoms with Crippen molar-refractivity contribution >= 4 is 0 Å². The highest BCUT2D eigenvalue weighted by molar-refractivity contribution is 4.80. The van der Waals surface area contributed by atoms with Gasteiger partial charge in [0, 0.05) is 25.2 Å². The Labute approximate surface area is 88.2 Å². The molecule has 0 atom stereocenters. The minimum absolute atomic E-state index is 0.673. The lowest BCUT2D eigenvalue weighted by atomic mass is 10.0. The lowest BCUT2D eigenvalue weighted by molar-refractivity contribution is 0.127. The molecule has 1 aliphatic rings. The van der Waals surface area contributed by atoms with Crippen LogP contribution < -0.4 is 10.6 Å². The lowest BCUT2D eigenvalue weighted by Crippen LogP contribution is -2.48. The lowest BCUT2D eigenvalue weighted by Gasteiger charge is -2.37. The van der Waals surface area contributed by atoms with Gasteiger partial charge in [-0.25, -0.2) is 0 Å². The zero-order chi connectivity index (χ0) is 10.4. The first kappa shape index (κ1) is 12.0. The topological polar surface area (TPSA) is 27.3 Å². The van der Waals surface area contributed by atoms with Crippen LogP contribution in [0.5, 0.6) is 0 Å². The smallest absolute Gasteiger partial charge is 0.0123 e. The van der Waals surface area contributed by atoms with Gasteiger partial charge >= 0.3 is 0 Å². The number of hydrogen-bond donors (Lipinski definition) is 2. The Hall–Kier alpha value is -0.120. The molecule has 3 heteroatoms. The van der Waals surface area contributed by atoms with Gasteiger partial charge in [0.05, 0.1) is 0 Å². The molecule has 0 bridgehead atoms. The van der Waals surface area contributed by atoms with Gasteiger partial charge in [-0.05, 0) is 46.8 Å². The molecule has 1 heterocycles. The highest BCUT2D eigenvalue weighted by Gasteiger charge is 2.22. The number of rotatable bonds is 5. The largest absolute Gasteiger partial charge is 0.318 e. The van der Waals surface area contributed by atoms with E-state index in [-0.39, 0.29) is 0 Å². The first-order valence-electron chi connectivity index (χ1n) is 5.86. The van der Waals surface area contributed by atoms with Gasteiger partial charge < -0.3 is 10.6 Å². The van der Waals surface area contributed by atoms with Crippen LogP contribution in [0.4, 0.5) is 0 Å². The van der Waals surface area contributed by atoms with Crippen LogP contribution in [0.2, 0.25) is 0 Å². The monoisotopic (exact) mass is 199 g/mol. The van der Waals surface area contributed by atoms with Gasteiger partial charge in [0.25, 0.3) is 0 Å². The molecule has 0 aromatic rings. The molecular formula is C11H25N3. The van der Waals surface area contributed by atoms with E-state index in [1.807, 2.05) is 7.05 Å². The second kappa shape index (κ2) is 6.38. The average Bonchev–Trinajstić information content (AvgIpc) is 2.19. The van der Waals surface area contributed by atoms with E-state index in [0.717, 1.165) is 12.6 Å². The van der Waals surface area contributed by atoms with E-state index in [2.05, 4.69) is 29.4 Å². The van der Waals surface area contributed by atoms with Crippen LogP contribution in [-0.2, 0) is 0 Å². The fraction of sp³-hybridized carbons (Fsp3) is 1.00. The third kappa shape index (κ3) is 3.56. The molecule has 0 aromatic carbocycles.